The second kappa shape index (κ2) is 4.24. The molecule has 0 aliphatic rings. The van der Waals surface area contributed by atoms with Crippen LogP contribution in [0.1, 0.15) is 22.1 Å². The molecule has 0 radical (unpaired) electrons. The van der Waals surface area contributed by atoms with E-state index in [1.807, 2.05) is 0 Å². The molecule has 0 aromatic carbocycles. The summed E-state index contributed by atoms with van der Waals surface area (Å²) in [4.78, 5) is 17.5. The molecule has 0 bridgehead atoms. The van der Waals surface area contributed by atoms with E-state index in [0.29, 0.717) is 23.9 Å². The molecule has 0 atom stereocenters. The molecule has 0 fully saturated rings. The van der Waals surface area contributed by atoms with Gasteiger partial charge in [0.25, 0.3) is 5.91 Å². The number of nitrogens with two attached hydrogens (primary N) is 1. The zero-order valence-corrected chi connectivity index (χ0v) is 9.56. The third-order valence-corrected chi connectivity index (χ3v) is 2.25. The number of carbonyl (C=O) groups is 1. The number of nitrogen functional groups attached to an aromatic ring is 1. The number of aromatic amines is 2. The van der Waals surface area contributed by atoms with E-state index in [1.165, 1.54) is 11.1 Å². The van der Waals surface area contributed by atoms with E-state index in [4.69, 9.17) is 5.73 Å². The fourth-order valence-corrected chi connectivity index (χ4v) is 1.40. The van der Waals surface area contributed by atoms with Gasteiger partial charge in [-0.25, -0.2) is 4.98 Å². The van der Waals surface area contributed by atoms with Crippen molar-refractivity contribution in [1.82, 2.24) is 30.3 Å². The predicted molar refractivity (Wildman–Crippen MR) is 59.9 cm³/mol. The molecule has 0 aliphatic heterocycles. The average molecular weight is 235 g/mol. The lowest BCUT2D eigenvalue weighted by atomic mass is 10.3. The van der Waals surface area contributed by atoms with Crippen molar-refractivity contribution >= 4 is 11.6 Å². The van der Waals surface area contributed by atoms with Gasteiger partial charge >= 0.3 is 0 Å². The number of aromatic nitrogens is 5. The van der Waals surface area contributed by atoms with Gasteiger partial charge in [-0.1, -0.05) is 0 Å². The fourth-order valence-electron chi connectivity index (χ4n) is 1.40. The smallest absolute Gasteiger partial charge is 0.274 e. The quantitative estimate of drug-likeness (QED) is 0.674. The number of nitrogens with zero attached hydrogens (tertiary/aromatic N) is 4. The standard InChI is InChI=1S/C9H13N7O/c1-5-12-7(14-13-5)4-16(2)9(17)8-6(10)3-11-15-8/h3H,4,10H2,1-2H3,(H,11,15)(H,12,13,14). The van der Waals surface area contributed by atoms with Crippen LogP contribution in [0.2, 0.25) is 0 Å². The number of aryl methyl sites for hydroxylation is 1. The molecule has 0 saturated heterocycles. The topological polar surface area (TPSA) is 117 Å². The van der Waals surface area contributed by atoms with Crippen LogP contribution in [0.4, 0.5) is 5.69 Å². The Kier molecular flexibility index (Phi) is 2.77. The zero-order chi connectivity index (χ0) is 12.4. The first-order chi connectivity index (χ1) is 8.08. The molecule has 0 unspecified atom stereocenters. The highest BCUT2D eigenvalue weighted by Crippen LogP contribution is 2.10. The van der Waals surface area contributed by atoms with Gasteiger partial charge in [0.05, 0.1) is 18.4 Å². The highest BCUT2D eigenvalue weighted by molar-refractivity contribution is 5.96. The molecule has 2 aromatic rings. The maximum atomic E-state index is 11.9. The monoisotopic (exact) mass is 235 g/mol. The molecule has 90 valence electrons. The van der Waals surface area contributed by atoms with Crippen LogP contribution in [0.5, 0.6) is 0 Å². The summed E-state index contributed by atoms with van der Waals surface area (Å²) >= 11 is 0. The van der Waals surface area contributed by atoms with Gasteiger partial charge in [-0.15, -0.1) is 0 Å². The summed E-state index contributed by atoms with van der Waals surface area (Å²) in [5.41, 5.74) is 6.20. The summed E-state index contributed by atoms with van der Waals surface area (Å²) in [5, 5.41) is 12.9. The van der Waals surface area contributed by atoms with Crippen LogP contribution in [0.25, 0.3) is 0 Å². The summed E-state index contributed by atoms with van der Waals surface area (Å²) in [6.07, 6.45) is 1.40. The van der Waals surface area contributed by atoms with Crippen LogP contribution in [-0.4, -0.2) is 43.2 Å². The third-order valence-electron chi connectivity index (χ3n) is 2.25. The minimum absolute atomic E-state index is 0.248. The Labute approximate surface area is 97.2 Å². The van der Waals surface area contributed by atoms with Crippen LogP contribution in [0, 0.1) is 6.92 Å². The van der Waals surface area contributed by atoms with Gasteiger partial charge in [-0.3, -0.25) is 15.0 Å². The highest BCUT2D eigenvalue weighted by Gasteiger charge is 2.17. The second-order valence-electron chi connectivity index (χ2n) is 3.70. The molecule has 0 saturated carbocycles. The predicted octanol–water partition coefficient (Wildman–Crippen LogP) is -0.309. The Hall–Kier alpha value is -2.38. The van der Waals surface area contributed by atoms with E-state index in [0.717, 1.165) is 0 Å². The van der Waals surface area contributed by atoms with E-state index < -0.39 is 0 Å². The number of amides is 1. The van der Waals surface area contributed by atoms with Crippen molar-refractivity contribution in [2.75, 3.05) is 12.8 Å². The lowest BCUT2D eigenvalue weighted by molar-refractivity contribution is 0.0777. The maximum absolute atomic E-state index is 11.9. The molecular formula is C9H13N7O. The summed E-state index contributed by atoms with van der Waals surface area (Å²) in [6.45, 7) is 2.10. The molecule has 2 aromatic heterocycles. The van der Waals surface area contributed by atoms with Crippen molar-refractivity contribution in [3.05, 3.63) is 23.5 Å². The van der Waals surface area contributed by atoms with Crippen molar-refractivity contribution in [1.29, 1.82) is 0 Å². The summed E-state index contributed by atoms with van der Waals surface area (Å²) in [6, 6.07) is 0. The van der Waals surface area contributed by atoms with Crippen LogP contribution in [0.3, 0.4) is 0 Å². The molecular weight excluding hydrogens is 222 g/mol. The minimum Gasteiger partial charge on any atom is -0.396 e. The van der Waals surface area contributed by atoms with E-state index in [1.54, 1.807) is 14.0 Å². The van der Waals surface area contributed by atoms with Gasteiger partial charge in [0.1, 0.15) is 11.5 Å². The van der Waals surface area contributed by atoms with E-state index in [9.17, 15) is 4.79 Å². The maximum Gasteiger partial charge on any atom is 0.274 e. The molecule has 2 heterocycles. The highest BCUT2D eigenvalue weighted by atomic mass is 16.2. The number of anilines is 1. The van der Waals surface area contributed by atoms with Gasteiger partial charge in [0.2, 0.25) is 0 Å². The summed E-state index contributed by atoms with van der Waals surface area (Å²) in [5.74, 6) is 1.01. The van der Waals surface area contributed by atoms with Gasteiger partial charge in [0.15, 0.2) is 5.82 Å². The Morgan fingerprint density at radius 2 is 2.29 bits per heavy atom. The van der Waals surface area contributed by atoms with E-state index >= 15 is 0 Å². The Balaban J connectivity index is 2.08. The van der Waals surface area contributed by atoms with E-state index in [2.05, 4.69) is 25.4 Å². The molecule has 2 rings (SSSR count). The van der Waals surface area contributed by atoms with Crippen molar-refractivity contribution in [3.63, 3.8) is 0 Å². The molecule has 8 nitrogen and oxygen atoms in total. The summed E-state index contributed by atoms with van der Waals surface area (Å²) < 4.78 is 0. The first-order valence-corrected chi connectivity index (χ1v) is 5.00. The van der Waals surface area contributed by atoms with Crippen LogP contribution in [0.15, 0.2) is 6.20 Å². The normalized spacial score (nSPS) is 10.5. The summed E-state index contributed by atoms with van der Waals surface area (Å²) in [7, 11) is 1.65. The molecule has 1 amide bonds. The van der Waals surface area contributed by atoms with Crippen LogP contribution >= 0.6 is 0 Å². The SMILES string of the molecule is Cc1nc(CN(C)C(=O)c2[nH]ncc2N)n[nH]1. The lowest BCUT2D eigenvalue weighted by Gasteiger charge is -2.14. The molecule has 0 spiro atoms. The van der Waals surface area contributed by atoms with Gasteiger partial charge in [0, 0.05) is 7.05 Å². The number of H-pyrrole nitrogens is 2. The zero-order valence-electron chi connectivity index (χ0n) is 9.56. The fraction of sp³-hybridized carbons (Fsp3) is 0.333. The Morgan fingerprint density at radius 1 is 1.53 bits per heavy atom. The first-order valence-electron chi connectivity index (χ1n) is 5.00. The minimum atomic E-state index is -0.248. The van der Waals surface area contributed by atoms with Crippen molar-refractivity contribution in [2.24, 2.45) is 0 Å². The average Bonchev–Trinajstić information content (AvgIpc) is 2.86. The van der Waals surface area contributed by atoms with Crippen molar-refractivity contribution < 1.29 is 4.79 Å². The number of rotatable bonds is 3. The van der Waals surface area contributed by atoms with Crippen LogP contribution in [-0.2, 0) is 6.54 Å². The first kappa shape index (κ1) is 11.1. The van der Waals surface area contributed by atoms with E-state index in [-0.39, 0.29) is 11.6 Å². The molecule has 17 heavy (non-hydrogen) atoms. The second-order valence-corrected chi connectivity index (χ2v) is 3.70. The van der Waals surface area contributed by atoms with Crippen molar-refractivity contribution in [2.45, 2.75) is 13.5 Å². The number of carbonyl (C=O) groups excluding carboxylic acids is 1. The third kappa shape index (κ3) is 2.25. The lowest BCUT2D eigenvalue weighted by Crippen LogP contribution is -2.27. The van der Waals surface area contributed by atoms with Gasteiger partial charge in [-0.05, 0) is 6.92 Å². The van der Waals surface area contributed by atoms with Gasteiger partial charge < -0.3 is 10.6 Å². The van der Waals surface area contributed by atoms with Gasteiger partial charge in [-0.2, -0.15) is 10.2 Å². The Bertz CT molecular complexity index is 529. The Morgan fingerprint density at radius 3 is 2.82 bits per heavy atom. The number of hydrogen-bond donors (Lipinski definition) is 3. The van der Waals surface area contributed by atoms with Crippen molar-refractivity contribution in [3.8, 4) is 0 Å². The van der Waals surface area contributed by atoms with Crippen LogP contribution < -0.4 is 5.73 Å². The number of nitrogens with one attached hydrogen (secondary N) is 2. The molecule has 4 N–H and O–H groups in total. The number of hydrogen-bond acceptors (Lipinski definition) is 5. The largest absolute Gasteiger partial charge is 0.396 e. The molecule has 8 heteroatoms. The molecule has 0 aliphatic carbocycles.